The molecule has 0 radical (unpaired) electrons. The minimum absolute atomic E-state index is 0.146. The van der Waals surface area contributed by atoms with Crippen LogP contribution in [-0.4, -0.2) is 5.11 Å². The van der Waals surface area contributed by atoms with Crippen molar-refractivity contribution in [2.45, 2.75) is 6.42 Å². The van der Waals surface area contributed by atoms with Crippen LogP contribution in [0.3, 0.4) is 0 Å². The fourth-order valence-corrected chi connectivity index (χ4v) is 1.27. The first-order valence-electron chi connectivity index (χ1n) is 5.42. The van der Waals surface area contributed by atoms with Crippen molar-refractivity contribution >= 4 is 5.69 Å². The van der Waals surface area contributed by atoms with Gasteiger partial charge in [-0.05, 0) is 24.1 Å². The minimum Gasteiger partial charge on any atom is -0.506 e. The van der Waals surface area contributed by atoms with Gasteiger partial charge in [-0.15, -0.1) is 6.58 Å². The quantitative estimate of drug-likeness (QED) is 0.469. The Morgan fingerprint density at radius 3 is 2.06 bits per heavy atom. The number of benzene rings is 2. The fraction of sp³-hybridized carbons (Fsp3) is 0.0667. The lowest BCUT2D eigenvalue weighted by Crippen LogP contribution is -1.82. The minimum atomic E-state index is 0.146. The van der Waals surface area contributed by atoms with E-state index in [4.69, 9.17) is 10.8 Å². The molecule has 0 amide bonds. The van der Waals surface area contributed by atoms with Crippen molar-refractivity contribution in [2.75, 3.05) is 5.73 Å². The molecule has 0 aromatic heterocycles. The summed E-state index contributed by atoms with van der Waals surface area (Å²) in [5, 5.41) is 8.79. The number of para-hydroxylation sites is 2. The third-order valence-corrected chi connectivity index (χ3v) is 2.16. The predicted octanol–water partition coefficient (Wildman–Crippen LogP) is 3.39. The molecule has 0 saturated carbocycles. The van der Waals surface area contributed by atoms with Crippen LogP contribution < -0.4 is 5.73 Å². The van der Waals surface area contributed by atoms with Crippen LogP contribution in [-0.2, 0) is 6.42 Å². The maximum absolute atomic E-state index is 8.79. The average Bonchev–Trinajstić information content (AvgIpc) is 2.36. The summed E-state index contributed by atoms with van der Waals surface area (Å²) in [7, 11) is 0. The molecule has 0 saturated heterocycles. The molecule has 2 nitrogen and oxygen atoms in total. The lowest BCUT2D eigenvalue weighted by Gasteiger charge is -1.92. The van der Waals surface area contributed by atoms with E-state index in [1.54, 1.807) is 24.3 Å². The molecule has 17 heavy (non-hydrogen) atoms. The Labute approximate surface area is 102 Å². The van der Waals surface area contributed by atoms with Gasteiger partial charge < -0.3 is 10.8 Å². The lowest BCUT2D eigenvalue weighted by atomic mass is 10.2. The van der Waals surface area contributed by atoms with E-state index < -0.39 is 0 Å². The van der Waals surface area contributed by atoms with Gasteiger partial charge in [0.1, 0.15) is 5.75 Å². The molecular weight excluding hydrogens is 210 g/mol. The van der Waals surface area contributed by atoms with Crippen molar-refractivity contribution < 1.29 is 5.11 Å². The molecule has 0 atom stereocenters. The smallest absolute Gasteiger partial charge is 0.138 e. The summed E-state index contributed by atoms with van der Waals surface area (Å²) in [5.74, 6) is 0.146. The second-order valence-electron chi connectivity index (χ2n) is 3.54. The van der Waals surface area contributed by atoms with Crippen LogP contribution in [0.4, 0.5) is 5.69 Å². The summed E-state index contributed by atoms with van der Waals surface area (Å²) in [4.78, 5) is 0. The highest BCUT2D eigenvalue weighted by atomic mass is 16.3. The normalized spacial score (nSPS) is 8.94. The summed E-state index contributed by atoms with van der Waals surface area (Å²) < 4.78 is 0. The SMILES string of the molecule is C=CCc1ccccc1.Nc1ccccc1O. The van der Waals surface area contributed by atoms with Crippen molar-refractivity contribution in [1.82, 2.24) is 0 Å². The summed E-state index contributed by atoms with van der Waals surface area (Å²) in [6.07, 6.45) is 2.89. The zero-order valence-electron chi connectivity index (χ0n) is 9.71. The van der Waals surface area contributed by atoms with Crippen LogP contribution in [0, 0.1) is 0 Å². The first-order valence-corrected chi connectivity index (χ1v) is 5.42. The number of anilines is 1. The summed E-state index contributed by atoms with van der Waals surface area (Å²) >= 11 is 0. The summed E-state index contributed by atoms with van der Waals surface area (Å²) in [6, 6.07) is 17.0. The van der Waals surface area contributed by atoms with E-state index >= 15 is 0 Å². The highest BCUT2D eigenvalue weighted by Crippen LogP contribution is 2.16. The van der Waals surface area contributed by atoms with Gasteiger partial charge in [0.05, 0.1) is 5.69 Å². The summed E-state index contributed by atoms with van der Waals surface area (Å²) in [6.45, 7) is 3.66. The molecule has 0 aliphatic carbocycles. The predicted molar refractivity (Wildman–Crippen MR) is 72.9 cm³/mol. The van der Waals surface area contributed by atoms with E-state index in [1.165, 1.54) is 5.56 Å². The van der Waals surface area contributed by atoms with Gasteiger partial charge in [-0.25, -0.2) is 0 Å². The second kappa shape index (κ2) is 7.12. The monoisotopic (exact) mass is 227 g/mol. The molecular formula is C15H17NO. The molecule has 0 unspecified atom stereocenters. The topological polar surface area (TPSA) is 46.2 Å². The molecule has 88 valence electrons. The molecule has 0 fully saturated rings. The highest BCUT2D eigenvalue weighted by molar-refractivity contribution is 5.50. The standard InChI is InChI=1S/C9H10.C6H7NO/c1-2-6-9-7-4-3-5-8-9;7-5-3-1-2-4-6(5)8/h2-5,7-8H,1,6H2;1-4,8H,7H2. The van der Waals surface area contributed by atoms with Crippen LogP contribution in [0.5, 0.6) is 5.75 Å². The number of phenols is 1. The lowest BCUT2D eigenvalue weighted by molar-refractivity contribution is 0.478. The Kier molecular flexibility index (Phi) is 5.38. The second-order valence-corrected chi connectivity index (χ2v) is 3.54. The van der Waals surface area contributed by atoms with Crippen molar-refractivity contribution in [2.24, 2.45) is 0 Å². The molecule has 0 aliphatic rings. The Morgan fingerprint density at radius 2 is 1.59 bits per heavy atom. The molecule has 0 bridgehead atoms. The van der Waals surface area contributed by atoms with Crippen LogP contribution in [0.25, 0.3) is 0 Å². The number of allylic oxidation sites excluding steroid dienone is 1. The number of phenolic OH excluding ortho intramolecular Hbond substituents is 1. The Hall–Kier alpha value is -2.22. The van der Waals surface area contributed by atoms with E-state index in [2.05, 4.69) is 18.7 Å². The van der Waals surface area contributed by atoms with Gasteiger partial charge in [0, 0.05) is 0 Å². The number of aromatic hydroxyl groups is 1. The van der Waals surface area contributed by atoms with Crippen LogP contribution in [0.1, 0.15) is 5.56 Å². The van der Waals surface area contributed by atoms with E-state index in [-0.39, 0.29) is 5.75 Å². The molecule has 2 aromatic rings. The highest BCUT2D eigenvalue weighted by Gasteiger charge is 1.87. The van der Waals surface area contributed by atoms with E-state index in [1.807, 2.05) is 24.3 Å². The van der Waals surface area contributed by atoms with Crippen molar-refractivity contribution in [1.29, 1.82) is 0 Å². The molecule has 0 aliphatic heterocycles. The van der Waals surface area contributed by atoms with E-state index in [0.29, 0.717) is 5.69 Å². The van der Waals surface area contributed by atoms with Gasteiger partial charge >= 0.3 is 0 Å². The van der Waals surface area contributed by atoms with E-state index in [0.717, 1.165) is 6.42 Å². The number of rotatable bonds is 2. The molecule has 2 rings (SSSR count). The van der Waals surface area contributed by atoms with Crippen LogP contribution in [0.15, 0.2) is 67.3 Å². The van der Waals surface area contributed by atoms with Gasteiger partial charge in [0.2, 0.25) is 0 Å². The van der Waals surface area contributed by atoms with Crippen molar-refractivity contribution in [3.63, 3.8) is 0 Å². The number of hydrogen-bond acceptors (Lipinski definition) is 2. The van der Waals surface area contributed by atoms with Gasteiger partial charge in [-0.1, -0.05) is 48.5 Å². The summed E-state index contributed by atoms with van der Waals surface area (Å²) in [5.41, 5.74) is 7.02. The Morgan fingerprint density at radius 1 is 1.00 bits per heavy atom. The van der Waals surface area contributed by atoms with Crippen LogP contribution >= 0.6 is 0 Å². The fourth-order valence-electron chi connectivity index (χ4n) is 1.27. The Bertz CT molecular complexity index is 430. The molecule has 2 heteroatoms. The maximum atomic E-state index is 8.79. The average molecular weight is 227 g/mol. The first-order chi connectivity index (χ1) is 8.24. The maximum Gasteiger partial charge on any atom is 0.138 e. The molecule has 2 aromatic carbocycles. The third kappa shape index (κ3) is 4.89. The van der Waals surface area contributed by atoms with Gasteiger partial charge in [0.25, 0.3) is 0 Å². The van der Waals surface area contributed by atoms with Crippen molar-refractivity contribution in [3.05, 3.63) is 72.8 Å². The zero-order chi connectivity index (χ0) is 12.5. The third-order valence-electron chi connectivity index (χ3n) is 2.16. The Balaban J connectivity index is 0.000000171. The number of nitrogen functional groups attached to an aromatic ring is 1. The number of hydrogen-bond donors (Lipinski definition) is 2. The zero-order valence-corrected chi connectivity index (χ0v) is 9.71. The largest absolute Gasteiger partial charge is 0.506 e. The van der Waals surface area contributed by atoms with Gasteiger partial charge in [-0.2, -0.15) is 0 Å². The van der Waals surface area contributed by atoms with Gasteiger partial charge in [0.15, 0.2) is 0 Å². The first kappa shape index (κ1) is 12.8. The molecule has 0 spiro atoms. The van der Waals surface area contributed by atoms with Crippen LogP contribution in [0.2, 0.25) is 0 Å². The van der Waals surface area contributed by atoms with Crippen molar-refractivity contribution in [3.8, 4) is 5.75 Å². The van der Waals surface area contributed by atoms with Gasteiger partial charge in [-0.3, -0.25) is 0 Å². The molecule has 3 N–H and O–H groups in total. The molecule has 0 heterocycles. The van der Waals surface area contributed by atoms with E-state index in [9.17, 15) is 0 Å². The number of nitrogens with two attached hydrogens (primary N) is 1.